The summed E-state index contributed by atoms with van der Waals surface area (Å²) >= 11 is 1.88. The van der Waals surface area contributed by atoms with E-state index in [0.717, 1.165) is 6.54 Å². The van der Waals surface area contributed by atoms with Gasteiger partial charge in [-0.3, -0.25) is 0 Å². The third-order valence-corrected chi connectivity index (χ3v) is 4.65. The molecule has 0 saturated carbocycles. The van der Waals surface area contributed by atoms with Gasteiger partial charge in [0.1, 0.15) is 6.54 Å². The van der Waals surface area contributed by atoms with Gasteiger partial charge in [-0.15, -0.1) is 0 Å². The number of benzene rings is 2. The number of anilines is 2. The second-order valence-electron chi connectivity index (χ2n) is 4.90. The summed E-state index contributed by atoms with van der Waals surface area (Å²) in [5.74, 6) is 0. The third-order valence-electron chi connectivity index (χ3n) is 3.52. The van der Waals surface area contributed by atoms with Gasteiger partial charge in [0.2, 0.25) is 11.4 Å². The molecule has 3 rings (SSSR count). The molecular weight excluding hydrogens is 250 g/mol. The van der Waals surface area contributed by atoms with Crippen LogP contribution in [-0.4, -0.2) is 6.54 Å². The van der Waals surface area contributed by atoms with E-state index >= 15 is 0 Å². The van der Waals surface area contributed by atoms with E-state index in [2.05, 4.69) is 60.4 Å². The molecule has 0 spiro atoms. The molecule has 97 valence electrons. The van der Waals surface area contributed by atoms with Crippen LogP contribution in [0.4, 0.5) is 11.4 Å². The van der Waals surface area contributed by atoms with Crippen molar-refractivity contribution >= 4 is 23.1 Å². The molecule has 0 aliphatic carbocycles. The second kappa shape index (κ2) is 5.81. The number of unbranched alkanes of at least 4 members (excludes halogenated alkanes) is 2. The molecular formula is C17H19NS+. The maximum atomic E-state index is 2.48. The summed E-state index contributed by atoms with van der Waals surface area (Å²) in [7, 11) is 0. The van der Waals surface area contributed by atoms with E-state index in [4.69, 9.17) is 0 Å². The number of hydrogen-bond acceptors (Lipinski definition) is 2. The Bertz CT molecular complexity index is 519. The molecule has 0 N–H and O–H groups in total. The molecule has 0 amide bonds. The predicted molar refractivity (Wildman–Crippen MR) is 82.9 cm³/mol. The van der Waals surface area contributed by atoms with Crippen molar-refractivity contribution in [3.63, 3.8) is 0 Å². The summed E-state index contributed by atoms with van der Waals surface area (Å²) in [5, 5.41) is 0. The summed E-state index contributed by atoms with van der Waals surface area (Å²) in [6.45, 7) is 3.37. The summed E-state index contributed by atoms with van der Waals surface area (Å²) < 4.78 is 0. The second-order valence-corrected chi connectivity index (χ2v) is 5.98. The normalized spacial score (nSPS) is 13.9. The van der Waals surface area contributed by atoms with Crippen LogP contribution >= 0.6 is 11.8 Å². The van der Waals surface area contributed by atoms with Crippen LogP contribution in [-0.2, 0) is 0 Å². The highest BCUT2D eigenvalue weighted by molar-refractivity contribution is 7.99. The number of rotatable bonds is 4. The molecule has 0 atom stereocenters. The molecule has 1 heterocycles. The van der Waals surface area contributed by atoms with Crippen LogP contribution in [0, 0.1) is 0 Å². The number of fused-ring (bicyclic) bond motifs is 2. The molecule has 1 radical (unpaired) electrons. The zero-order valence-corrected chi connectivity index (χ0v) is 12.1. The highest BCUT2D eigenvalue weighted by Crippen LogP contribution is 2.47. The monoisotopic (exact) mass is 269 g/mol. The van der Waals surface area contributed by atoms with Crippen LogP contribution in [0.25, 0.3) is 0 Å². The fraction of sp³-hybridized carbons (Fsp3) is 0.294. The highest BCUT2D eigenvalue weighted by atomic mass is 32.2. The topological polar surface area (TPSA) is 5.90 Å². The van der Waals surface area contributed by atoms with Gasteiger partial charge in [-0.05, 0) is 18.6 Å². The van der Waals surface area contributed by atoms with Gasteiger partial charge in [0.05, 0.1) is 9.79 Å². The Hall–Kier alpha value is -1.25. The van der Waals surface area contributed by atoms with Gasteiger partial charge in [-0.25, -0.2) is 0 Å². The molecule has 19 heavy (non-hydrogen) atoms. The Kier molecular flexibility index (Phi) is 3.90. The molecule has 2 aromatic carbocycles. The van der Waals surface area contributed by atoms with Crippen LogP contribution in [0.15, 0.2) is 58.3 Å². The quantitative estimate of drug-likeness (QED) is 0.528. The minimum absolute atomic E-state index is 1.11. The Morgan fingerprint density at radius 2 is 1.42 bits per heavy atom. The Morgan fingerprint density at radius 3 is 2.00 bits per heavy atom. The zero-order valence-electron chi connectivity index (χ0n) is 11.3. The average Bonchev–Trinajstić information content (AvgIpc) is 2.46. The maximum Gasteiger partial charge on any atom is 0.200 e. The van der Waals surface area contributed by atoms with Crippen LogP contribution in [0.2, 0.25) is 0 Å². The Labute approximate surface area is 119 Å². The molecule has 0 unspecified atom stereocenters. The van der Waals surface area contributed by atoms with Crippen LogP contribution < -0.4 is 4.90 Å². The van der Waals surface area contributed by atoms with Crippen LogP contribution in [0.5, 0.6) is 0 Å². The predicted octanol–water partition coefficient (Wildman–Crippen LogP) is 5.44. The van der Waals surface area contributed by atoms with Crippen molar-refractivity contribution in [3.05, 3.63) is 48.5 Å². The summed E-state index contributed by atoms with van der Waals surface area (Å²) in [5.41, 5.74) is 2.73. The van der Waals surface area contributed by atoms with Crippen molar-refractivity contribution in [2.45, 2.75) is 36.0 Å². The van der Waals surface area contributed by atoms with E-state index < -0.39 is 0 Å². The van der Waals surface area contributed by atoms with E-state index in [1.165, 1.54) is 40.4 Å². The minimum atomic E-state index is 1.11. The minimum Gasteiger partial charge on any atom is -0.0952 e. The van der Waals surface area contributed by atoms with Gasteiger partial charge in [0.25, 0.3) is 0 Å². The van der Waals surface area contributed by atoms with Gasteiger partial charge in [-0.2, -0.15) is 0 Å². The van der Waals surface area contributed by atoms with E-state index in [0.29, 0.717) is 0 Å². The lowest BCUT2D eigenvalue weighted by atomic mass is 10.2. The van der Waals surface area contributed by atoms with Crippen LogP contribution in [0.3, 0.4) is 0 Å². The van der Waals surface area contributed by atoms with Crippen molar-refractivity contribution in [3.8, 4) is 0 Å². The highest BCUT2D eigenvalue weighted by Gasteiger charge is 2.32. The lowest BCUT2D eigenvalue weighted by molar-refractivity contribution is 0.594. The van der Waals surface area contributed by atoms with Gasteiger partial charge in [0.15, 0.2) is 0 Å². The van der Waals surface area contributed by atoms with Gasteiger partial charge < -0.3 is 0 Å². The largest absolute Gasteiger partial charge is 0.200 e. The van der Waals surface area contributed by atoms with E-state index in [1.54, 1.807) is 0 Å². The Balaban J connectivity index is 1.96. The first-order valence-electron chi connectivity index (χ1n) is 7.03. The number of nitrogens with zero attached hydrogens (tertiary/aromatic N) is 1. The summed E-state index contributed by atoms with van der Waals surface area (Å²) in [6, 6.07) is 17.5. The lowest BCUT2D eigenvalue weighted by Crippen LogP contribution is -2.23. The first-order chi connectivity index (χ1) is 9.40. The van der Waals surface area contributed by atoms with Crippen molar-refractivity contribution in [1.82, 2.24) is 4.90 Å². The zero-order chi connectivity index (χ0) is 13.1. The van der Waals surface area contributed by atoms with Crippen LogP contribution in [0.1, 0.15) is 26.2 Å². The van der Waals surface area contributed by atoms with Crippen molar-refractivity contribution in [2.75, 3.05) is 6.54 Å². The third kappa shape index (κ3) is 2.56. The first-order valence-corrected chi connectivity index (χ1v) is 7.85. The van der Waals surface area contributed by atoms with Crippen molar-refractivity contribution < 1.29 is 0 Å². The van der Waals surface area contributed by atoms with Gasteiger partial charge in [-0.1, -0.05) is 54.3 Å². The van der Waals surface area contributed by atoms with E-state index in [1.807, 2.05) is 11.8 Å². The van der Waals surface area contributed by atoms with E-state index in [9.17, 15) is 0 Å². The molecule has 1 nitrogen and oxygen atoms in total. The van der Waals surface area contributed by atoms with Crippen molar-refractivity contribution in [1.29, 1.82) is 0 Å². The molecule has 1 aliphatic rings. The molecule has 0 fully saturated rings. The molecule has 2 heteroatoms. The molecule has 0 saturated heterocycles. The SMILES string of the molecule is CCCCC[N+]1c2ccccc2Sc2ccccc21. The van der Waals surface area contributed by atoms with Crippen molar-refractivity contribution in [2.24, 2.45) is 0 Å². The average molecular weight is 269 g/mol. The Morgan fingerprint density at radius 1 is 0.842 bits per heavy atom. The molecule has 1 aliphatic heterocycles. The molecule has 0 aromatic heterocycles. The fourth-order valence-corrected chi connectivity index (χ4v) is 3.64. The summed E-state index contributed by atoms with van der Waals surface area (Å²) in [6.07, 6.45) is 3.82. The molecule has 2 aromatic rings. The smallest absolute Gasteiger partial charge is 0.0952 e. The first kappa shape index (κ1) is 12.8. The fourth-order valence-electron chi connectivity index (χ4n) is 2.54. The lowest BCUT2D eigenvalue weighted by Gasteiger charge is -2.20. The molecule has 0 bridgehead atoms. The number of para-hydroxylation sites is 2. The standard InChI is InChI=1S/C17H19NS/c1-2-3-8-13-18-14-9-4-6-11-16(14)19-17-12-7-5-10-15(17)18/h4-7,9-12H,2-3,8,13H2,1H3/q+1. The van der Waals surface area contributed by atoms with E-state index in [-0.39, 0.29) is 0 Å². The maximum absolute atomic E-state index is 2.48. The number of hydrogen-bond donors (Lipinski definition) is 0. The van der Waals surface area contributed by atoms with Gasteiger partial charge in [0, 0.05) is 18.6 Å². The summed E-state index contributed by atoms with van der Waals surface area (Å²) in [4.78, 5) is 5.23. The van der Waals surface area contributed by atoms with Gasteiger partial charge >= 0.3 is 0 Å².